The van der Waals surface area contributed by atoms with Gasteiger partial charge in [-0.15, -0.1) is 0 Å². The lowest BCUT2D eigenvalue weighted by atomic mass is 9.86. The molecule has 40 heavy (non-hydrogen) atoms. The highest BCUT2D eigenvalue weighted by Crippen LogP contribution is 2.34. The Labute approximate surface area is 231 Å². The van der Waals surface area contributed by atoms with Gasteiger partial charge in [0.15, 0.2) is 0 Å². The van der Waals surface area contributed by atoms with Gasteiger partial charge in [-0.2, -0.15) is 0 Å². The number of aryl methyl sites for hydroxylation is 1. The van der Waals surface area contributed by atoms with E-state index in [0.29, 0.717) is 12.8 Å². The topological polar surface area (TPSA) is 161 Å². The molecule has 0 aliphatic heterocycles. The monoisotopic (exact) mass is 544 g/mol. The van der Waals surface area contributed by atoms with Crippen molar-refractivity contribution in [3.63, 3.8) is 0 Å². The molecule has 3 aromatic rings. The number of fused-ring (bicyclic) bond motifs is 1. The summed E-state index contributed by atoms with van der Waals surface area (Å²) in [7, 11) is 1.71. The molecule has 1 heterocycles. The number of rotatable bonds is 9. The van der Waals surface area contributed by atoms with E-state index < -0.39 is 11.8 Å². The largest absolute Gasteiger partial charge is 0.508 e. The van der Waals surface area contributed by atoms with Crippen molar-refractivity contribution in [3.05, 3.63) is 82.4 Å². The molecule has 1 atom stereocenters. The van der Waals surface area contributed by atoms with Crippen LogP contribution in [-0.2, 0) is 23.2 Å². The fraction of sp³-hybridized carbons (Fsp3) is 0.321. The van der Waals surface area contributed by atoms with Gasteiger partial charge in [0.25, 0.3) is 11.8 Å². The third-order valence-electron chi connectivity index (χ3n) is 6.63. The van der Waals surface area contributed by atoms with Crippen LogP contribution in [0.3, 0.4) is 0 Å². The zero-order valence-corrected chi connectivity index (χ0v) is 22.8. The second kappa shape index (κ2) is 11.9. The highest BCUT2D eigenvalue weighted by molar-refractivity contribution is 5.97. The van der Waals surface area contributed by atoms with Crippen molar-refractivity contribution in [2.75, 3.05) is 12.1 Å². The summed E-state index contributed by atoms with van der Waals surface area (Å²) in [6.45, 7) is 6.23. The summed E-state index contributed by atoms with van der Waals surface area (Å²) in [5.41, 5.74) is 6.47. The molecule has 0 radical (unpaired) electrons. The van der Waals surface area contributed by atoms with Gasteiger partial charge in [0.1, 0.15) is 23.5 Å². The van der Waals surface area contributed by atoms with Gasteiger partial charge in [0, 0.05) is 19.7 Å². The standard InChI is InChI=1S/C28H32N8O4/c1-28(2,3)21-9-5-17(11-25(21)38)14-29-26(39)23-13-24(31-15-30-23)27(40)33-22-10-6-18-12-19(7-8-20(18)22)36(4)35-34-32-16-37/h5,7-9,11-13,15-16,22,38H,6,10,14H2,1-4H3,(H,29,39)(H,33,40)(H,32,35,37)/t22-/m0/s1. The summed E-state index contributed by atoms with van der Waals surface area (Å²) in [6, 6.07) is 12.2. The van der Waals surface area contributed by atoms with Crippen LogP contribution in [0.1, 0.15) is 76.5 Å². The molecule has 12 heteroatoms. The SMILES string of the molecule is CN(/N=N\NC=O)c1ccc2c(c1)CC[C@@H]2NC(=O)c1cc(C(=O)NCc2ccc(C(C)(C)C)c(O)c2)ncn1. The number of phenols is 1. The molecule has 0 saturated carbocycles. The van der Waals surface area contributed by atoms with Gasteiger partial charge in [-0.1, -0.05) is 39.0 Å². The van der Waals surface area contributed by atoms with E-state index in [-0.39, 0.29) is 35.1 Å². The summed E-state index contributed by atoms with van der Waals surface area (Å²) < 4.78 is 0. The Hall–Kier alpha value is -4.87. The first-order valence-corrected chi connectivity index (χ1v) is 12.8. The lowest BCUT2D eigenvalue weighted by Gasteiger charge is -2.20. The Bertz CT molecular complexity index is 1450. The minimum Gasteiger partial charge on any atom is -0.508 e. The first-order valence-electron chi connectivity index (χ1n) is 12.8. The highest BCUT2D eigenvalue weighted by Gasteiger charge is 2.26. The number of nitrogens with one attached hydrogen (secondary N) is 3. The summed E-state index contributed by atoms with van der Waals surface area (Å²) in [4.78, 5) is 44.2. The first-order chi connectivity index (χ1) is 19.1. The Morgan fingerprint density at radius 1 is 1.10 bits per heavy atom. The second-order valence-electron chi connectivity index (χ2n) is 10.5. The number of carbonyl (C=O) groups is 3. The predicted molar refractivity (Wildman–Crippen MR) is 147 cm³/mol. The van der Waals surface area contributed by atoms with Crippen molar-refractivity contribution in [2.24, 2.45) is 10.4 Å². The number of phenolic OH excluding ortho intramolecular Hbond substituents is 1. The molecule has 0 fully saturated rings. The van der Waals surface area contributed by atoms with Crippen LogP contribution in [-0.4, -0.2) is 40.3 Å². The smallest absolute Gasteiger partial charge is 0.270 e. The van der Waals surface area contributed by atoms with E-state index >= 15 is 0 Å². The molecule has 0 unspecified atom stereocenters. The number of nitrogens with zero attached hydrogens (tertiary/aromatic N) is 5. The maximum atomic E-state index is 13.0. The van der Waals surface area contributed by atoms with E-state index in [9.17, 15) is 19.5 Å². The van der Waals surface area contributed by atoms with Crippen molar-refractivity contribution in [2.45, 2.75) is 51.6 Å². The fourth-order valence-electron chi connectivity index (χ4n) is 4.56. The van der Waals surface area contributed by atoms with Crippen LogP contribution < -0.4 is 21.1 Å². The predicted octanol–water partition coefficient (Wildman–Crippen LogP) is 3.29. The molecule has 2 aromatic carbocycles. The van der Waals surface area contributed by atoms with Gasteiger partial charge in [-0.05, 0) is 69.2 Å². The summed E-state index contributed by atoms with van der Waals surface area (Å²) in [5, 5.41) is 25.1. The fourth-order valence-corrected chi connectivity index (χ4v) is 4.56. The van der Waals surface area contributed by atoms with Gasteiger partial charge in [-0.3, -0.25) is 14.4 Å². The van der Waals surface area contributed by atoms with E-state index in [0.717, 1.165) is 34.4 Å². The van der Waals surface area contributed by atoms with Crippen LogP contribution in [0.4, 0.5) is 5.69 Å². The summed E-state index contributed by atoms with van der Waals surface area (Å²) in [5.74, 6) is -0.694. The van der Waals surface area contributed by atoms with Crippen LogP contribution in [0.15, 0.2) is 59.2 Å². The van der Waals surface area contributed by atoms with E-state index in [1.54, 1.807) is 13.1 Å². The molecule has 1 aromatic heterocycles. The van der Waals surface area contributed by atoms with Gasteiger partial charge >= 0.3 is 0 Å². The van der Waals surface area contributed by atoms with E-state index in [4.69, 9.17) is 0 Å². The average molecular weight is 545 g/mol. The second-order valence-corrected chi connectivity index (χ2v) is 10.5. The molecule has 0 saturated heterocycles. The van der Waals surface area contributed by atoms with Gasteiger partial charge in [0.05, 0.1) is 11.7 Å². The Morgan fingerprint density at radius 3 is 2.55 bits per heavy atom. The minimum atomic E-state index is -0.459. The molecule has 4 N–H and O–H groups in total. The van der Waals surface area contributed by atoms with Crippen LogP contribution in [0.2, 0.25) is 0 Å². The Balaban J connectivity index is 1.38. The molecule has 1 aliphatic rings. The van der Waals surface area contributed by atoms with Crippen LogP contribution in [0.25, 0.3) is 0 Å². The van der Waals surface area contributed by atoms with Crippen molar-refractivity contribution in [3.8, 4) is 5.75 Å². The molecule has 1 aliphatic carbocycles. The third-order valence-corrected chi connectivity index (χ3v) is 6.63. The van der Waals surface area contributed by atoms with Crippen molar-refractivity contribution < 1.29 is 19.5 Å². The average Bonchev–Trinajstić information content (AvgIpc) is 3.33. The molecular formula is C28H32N8O4. The summed E-state index contributed by atoms with van der Waals surface area (Å²) in [6.07, 6.45) is 3.09. The number of hydrogen-bond acceptors (Lipinski definition) is 8. The number of benzene rings is 2. The molecule has 0 bridgehead atoms. The molecule has 208 valence electrons. The lowest BCUT2D eigenvalue weighted by molar-refractivity contribution is -0.109. The molecular weight excluding hydrogens is 512 g/mol. The molecule has 0 spiro atoms. The Kier molecular flexibility index (Phi) is 8.37. The third kappa shape index (κ3) is 6.57. The maximum Gasteiger partial charge on any atom is 0.270 e. The molecule has 4 rings (SSSR count). The van der Waals surface area contributed by atoms with Gasteiger partial charge < -0.3 is 15.7 Å². The zero-order chi connectivity index (χ0) is 28.9. The van der Waals surface area contributed by atoms with E-state index in [1.165, 1.54) is 17.4 Å². The quantitative estimate of drug-likeness (QED) is 0.183. The summed E-state index contributed by atoms with van der Waals surface area (Å²) >= 11 is 0. The van der Waals surface area contributed by atoms with Crippen LogP contribution in [0, 0.1) is 0 Å². The number of anilines is 1. The number of amides is 3. The number of aromatic nitrogens is 2. The highest BCUT2D eigenvalue weighted by atomic mass is 16.3. The van der Waals surface area contributed by atoms with Gasteiger partial charge in [0.2, 0.25) is 6.41 Å². The normalized spacial score (nSPS) is 14.4. The molecule has 3 amide bonds. The lowest BCUT2D eigenvalue weighted by Crippen LogP contribution is -2.29. The van der Waals surface area contributed by atoms with E-state index in [1.807, 2.05) is 51.1 Å². The van der Waals surface area contributed by atoms with Crippen LogP contribution >= 0.6 is 0 Å². The maximum absolute atomic E-state index is 13.0. The zero-order valence-electron chi connectivity index (χ0n) is 22.8. The van der Waals surface area contributed by atoms with Crippen molar-refractivity contribution in [1.82, 2.24) is 26.0 Å². The van der Waals surface area contributed by atoms with Gasteiger partial charge in [-0.25, -0.2) is 20.4 Å². The van der Waals surface area contributed by atoms with E-state index in [2.05, 4.69) is 36.5 Å². The number of aromatic hydroxyl groups is 1. The Morgan fingerprint density at radius 2 is 1.85 bits per heavy atom. The minimum absolute atomic E-state index is 0.0633. The van der Waals surface area contributed by atoms with Crippen LogP contribution in [0.5, 0.6) is 5.75 Å². The molecule has 12 nitrogen and oxygen atoms in total. The number of hydrogen-bond donors (Lipinski definition) is 4. The van der Waals surface area contributed by atoms with Crippen molar-refractivity contribution in [1.29, 1.82) is 0 Å². The first kappa shape index (κ1) is 28.1. The number of carbonyl (C=O) groups excluding carboxylic acids is 3. The van der Waals surface area contributed by atoms with Crippen molar-refractivity contribution >= 4 is 23.9 Å².